The second-order valence-corrected chi connectivity index (χ2v) is 16.8. The minimum Gasteiger partial charge on any atom is -0.310 e. The van der Waals surface area contributed by atoms with E-state index >= 15 is 0 Å². The van der Waals surface area contributed by atoms with Gasteiger partial charge in [0.2, 0.25) is 0 Å². The molecule has 0 radical (unpaired) electrons. The van der Waals surface area contributed by atoms with Crippen LogP contribution in [0.15, 0.2) is 261 Å². The molecule has 0 aliphatic heterocycles. The first-order valence-electron chi connectivity index (χ1n) is 22.2. The molecule has 0 fully saturated rings. The molecule has 0 amide bonds. The van der Waals surface area contributed by atoms with Gasteiger partial charge in [0, 0.05) is 17.1 Å². The zero-order chi connectivity index (χ0) is 42.5. The van der Waals surface area contributed by atoms with Gasteiger partial charge in [-0.15, -0.1) is 0 Å². The summed E-state index contributed by atoms with van der Waals surface area (Å²) in [6.45, 7) is 0. The van der Waals surface area contributed by atoms with Gasteiger partial charge in [0.1, 0.15) is 0 Å². The van der Waals surface area contributed by atoms with Gasteiger partial charge in [0.25, 0.3) is 0 Å². The Balaban J connectivity index is 0.964. The third kappa shape index (κ3) is 6.16. The van der Waals surface area contributed by atoms with Crippen LogP contribution in [0.1, 0.15) is 22.3 Å². The highest BCUT2D eigenvalue weighted by molar-refractivity contribution is 5.98. The molecular formula is C63H43N. The van der Waals surface area contributed by atoms with Crippen LogP contribution in [0.3, 0.4) is 0 Å². The van der Waals surface area contributed by atoms with Crippen molar-refractivity contribution in [3.63, 3.8) is 0 Å². The first-order chi connectivity index (χ1) is 31.7. The summed E-state index contributed by atoms with van der Waals surface area (Å²) < 4.78 is 0. The SMILES string of the molecule is c1ccc(C2(c3ccccc3)c3ccccc3-c3c(-c4ccc(N(c5cccc(-c6ccc(-c7cccc8ccccc78)cc6)c5)c5ccc6ccccc6c5)cc4)cccc32)cc1. The summed E-state index contributed by atoms with van der Waals surface area (Å²) in [7, 11) is 0. The first-order valence-corrected chi connectivity index (χ1v) is 22.2. The normalized spacial score (nSPS) is 12.5. The van der Waals surface area contributed by atoms with Gasteiger partial charge >= 0.3 is 0 Å². The first kappa shape index (κ1) is 37.5. The third-order valence-electron chi connectivity index (χ3n) is 13.3. The van der Waals surface area contributed by atoms with Crippen molar-refractivity contribution in [2.45, 2.75) is 5.41 Å². The molecule has 0 saturated carbocycles. The van der Waals surface area contributed by atoms with Crippen LogP contribution in [0.4, 0.5) is 17.1 Å². The summed E-state index contributed by atoms with van der Waals surface area (Å²) >= 11 is 0. The molecule has 0 unspecified atom stereocenters. The fourth-order valence-electron chi connectivity index (χ4n) is 10.4. The Hall–Kier alpha value is -8.26. The molecule has 11 aromatic rings. The molecule has 0 aromatic heterocycles. The van der Waals surface area contributed by atoms with E-state index in [0.717, 1.165) is 17.1 Å². The minimum absolute atomic E-state index is 0.446. The smallest absolute Gasteiger partial charge is 0.0713 e. The zero-order valence-electron chi connectivity index (χ0n) is 35.3. The lowest BCUT2D eigenvalue weighted by Gasteiger charge is -2.34. The van der Waals surface area contributed by atoms with Gasteiger partial charge in [-0.3, -0.25) is 0 Å². The molecule has 300 valence electrons. The van der Waals surface area contributed by atoms with Crippen LogP contribution in [0.2, 0.25) is 0 Å². The van der Waals surface area contributed by atoms with E-state index in [1.54, 1.807) is 0 Å². The lowest BCUT2D eigenvalue weighted by atomic mass is 9.67. The minimum atomic E-state index is -0.446. The number of anilines is 3. The van der Waals surface area contributed by atoms with Crippen molar-refractivity contribution in [2.24, 2.45) is 0 Å². The van der Waals surface area contributed by atoms with Gasteiger partial charge in [-0.1, -0.05) is 224 Å². The molecule has 0 bridgehead atoms. The van der Waals surface area contributed by atoms with Gasteiger partial charge in [0.15, 0.2) is 0 Å². The summed E-state index contributed by atoms with van der Waals surface area (Å²) in [4.78, 5) is 2.39. The molecule has 64 heavy (non-hydrogen) atoms. The summed E-state index contributed by atoms with van der Waals surface area (Å²) in [5.41, 5.74) is 17.8. The lowest BCUT2D eigenvalue weighted by Crippen LogP contribution is -2.28. The average Bonchev–Trinajstić information content (AvgIpc) is 3.68. The zero-order valence-corrected chi connectivity index (χ0v) is 35.3. The fourth-order valence-corrected chi connectivity index (χ4v) is 10.4. The molecule has 1 heteroatoms. The predicted octanol–water partition coefficient (Wildman–Crippen LogP) is 16.8. The monoisotopic (exact) mass is 813 g/mol. The Bertz CT molecular complexity index is 3430. The molecule has 12 rings (SSSR count). The third-order valence-corrected chi connectivity index (χ3v) is 13.3. The molecular weight excluding hydrogens is 771 g/mol. The summed E-state index contributed by atoms with van der Waals surface area (Å²) in [5.74, 6) is 0. The highest BCUT2D eigenvalue weighted by Crippen LogP contribution is 2.58. The van der Waals surface area contributed by atoms with Crippen LogP contribution in [-0.4, -0.2) is 0 Å². The van der Waals surface area contributed by atoms with Crippen molar-refractivity contribution in [3.8, 4) is 44.5 Å². The quantitative estimate of drug-likeness (QED) is 0.148. The van der Waals surface area contributed by atoms with Crippen LogP contribution in [-0.2, 0) is 5.41 Å². The van der Waals surface area contributed by atoms with Crippen LogP contribution in [0.25, 0.3) is 66.1 Å². The second kappa shape index (κ2) is 15.6. The molecule has 1 aliphatic carbocycles. The number of benzene rings is 11. The molecule has 0 atom stereocenters. The number of hydrogen-bond acceptors (Lipinski definition) is 1. The van der Waals surface area contributed by atoms with E-state index in [-0.39, 0.29) is 0 Å². The molecule has 0 saturated heterocycles. The summed E-state index contributed by atoms with van der Waals surface area (Å²) in [6.07, 6.45) is 0. The average molecular weight is 814 g/mol. The fraction of sp³-hybridized carbons (Fsp3) is 0.0159. The topological polar surface area (TPSA) is 3.24 Å². The van der Waals surface area contributed by atoms with E-state index in [1.807, 2.05) is 0 Å². The second-order valence-electron chi connectivity index (χ2n) is 16.8. The van der Waals surface area contributed by atoms with E-state index in [2.05, 4.69) is 266 Å². The highest BCUT2D eigenvalue weighted by atomic mass is 15.1. The molecule has 0 spiro atoms. The Labute approximate surface area is 374 Å². The van der Waals surface area contributed by atoms with Crippen LogP contribution >= 0.6 is 0 Å². The Kier molecular flexibility index (Phi) is 9.13. The van der Waals surface area contributed by atoms with Crippen LogP contribution < -0.4 is 4.90 Å². The van der Waals surface area contributed by atoms with Crippen molar-refractivity contribution >= 4 is 38.6 Å². The van der Waals surface area contributed by atoms with Crippen molar-refractivity contribution in [1.29, 1.82) is 0 Å². The molecule has 1 nitrogen and oxygen atoms in total. The van der Waals surface area contributed by atoms with E-state index < -0.39 is 5.41 Å². The number of hydrogen-bond donors (Lipinski definition) is 0. The standard InChI is InChI=1S/C63H43N/c1-3-21-51(22-4-1)63(52-23-5-2-6-24-52)60-30-12-11-27-59(60)62-58(29-15-31-61(62)63)48-37-39-53(40-38-48)64(55-41-36-44-16-7-8-18-49(44)43-55)54-25-13-20-50(42-54)45-32-34-47(35-33-45)57-28-14-19-46-17-9-10-26-56(46)57/h1-43H. The van der Waals surface area contributed by atoms with Crippen LogP contribution in [0.5, 0.6) is 0 Å². The summed E-state index contributed by atoms with van der Waals surface area (Å²) in [5, 5.41) is 4.96. The van der Waals surface area contributed by atoms with E-state index in [1.165, 1.54) is 88.3 Å². The maximum atomic E-state index is 2.39. The number of nitrogens with zero attached hydrogens (tertiary/aromatic N) is 1. The Morgan fingerprint density at radius 2 is 0.781 bits per heavy atom. The van der Waals surface area contributed by atoms with Gasteiger partial charge in [0.05, 0.1) is 5.41 Å². The lowest BCUT2D eigenvalue weighted by molar-refractivity contribution is 0.768. The Morgan fingerprint density at radius 1 is 0.266 bits per heavy atom. The number of rotatable bonds is 8. The van der Waals surface area contributed by atoms with Gasteiger partial charge < -0.3 is 4.90 Å². The largest absolute Gasteiger partial charge is 0.310 e. The van der Waals surface area contributed by atoms with Crippen molar-refractivity contribution in [1.82, 2.24) is 0 Å². The van der Waals surface area contributed by atoms with E-state index in [9.17, 15) is 0 Å². The van der Waals surface area contributed by atoms with E-state index in [0.29, 0.717) is 0 Å². The van der Waals surface area contributed by atoms with Gasteiger partial charge in [-0.2, -0.15) is 0 Å². The maximum absolute atomic E-state index is 2.39. The summed E-state index contributed by atoms with van der Waals surface area (Å²) in [6, 6.07) is 95.7. The van der Waals surface area contributed by atoms with Gasteiger partial charge in [-0.25, -0.2) is 0 Å². The molecule has 11 aromatic carbocycles. The number of fused-ring (bicyclic) bond motifs is 5. The van der Waals surface area contributed by atoms with Crippen LogP contribution in [0, 0.1) is 0 Å². The highest BCUT2D eigenvalue weighted by Gasteiger charge is 2.46. The molecule has 0 heterocycles. The van der Waals surface area contributed by atoms with Gasteiger partial charge in [-0.05, 0) is 125 Å². The van der Waals surface area contributed by atoms with Crippen molar-refractivity contribution < 1.29 is 0 Å². The maximum Gasteiger partial charge on any atom is 0.0713 e. The molecule has 0 N–H and O–H groups in total. The van der Waals surface area contributed by atoms with Crippen molar-refractivity contribution in [2.75, 3.05) is 4.90 Å². The predicted molar refractivity (Wildman–Crippen MR) is 270 cm³/mol. The van der Waals surface area contributed by atoms with Crippen molar-refractivity contribution in [3.05, 3.63) is 283 Å². The van der Waals surface area contributed by atoms with E-state index in [4.69, 9.17) is 0 Å². The molecule has 1 aliphatic rings. The Morgan fingerprint density at radius 3 is 1.56 bits per heavy atom.